The van der Waals surface area contributed by atoms with Crippen molar-refractivity contribution >= 4 is 11.8 Å². The zero-order valence-corrected chi connectivity index (χ0v) is 17.1. The van der Waals surface area contributed by atoms with E-state index >= 15 is 0 Å². The van der Waals surface area contributed by atoms with Crippen LogP contribution in [0.5, 0.6) is 0 Å². The molecule has 4 rings (SSSR count). The van der Waals surface area contributed by atoms with Gasteiger partial charge in [-0.25, -0.2) is 0 Å². The van der Waals surface area contributed by atoms with Gasteiger partial charge in [-0.2, -0.15) is 13.2 Å². The Kier molecular flexibility index (Phi) is 5.99. The lowest BCUT2D eigenvalue weighted by Gasteiger charge is -2.36. The van der Waals surface area contributed by atoms with Crippen LogP contribution in [0.3, 0.4) is 0 Å². The van der Waals surface area contributed by atoms with Crippen molar-refractivity contribution in [1.82, 2.24) is 10.2 Å². The largest absolute Gasteiger partial charge is 0.416 e. The first-order chi connectivity index (χ1) is 15.3. The van der Waals surface area contributed by atoms with Crippen molar-refractivity contribution in [2.24, 2.45) is 0 Å². The van der Waals surface area contributed by atoms with Crippen LogP contribution in [0.1, 0.15) is 32.6 Å². The molecule has 3 aromatic carbocycles. The minimum atomic E-state index is -4.45. The Bertz CT molecular complexity index is 1130. The second-order valence-electron chi connectivity index (χ2n) is 7.70. The molecule has 7 heteroatoms. The van der Waals surface area contributed by atoms with E-state index in [1.54, 1.807) is 24.3 Å². The van der Waals surface area contributed by atoms with Crippen molar-refractivity contribution in [3.63, 3.8) is 0 Å². The van der Waals surface area contributed by atoms with Crippen LogP contribution in [-0.2, 0) is 30.5 Å². The van der Waals surface area contributed by atoms with Gasteiger partial charge in [0.2, 0.25) is 5.91 Å². The molecule has 2 amide bonds. The average Bonchev–Trinajstić information content (AvgIpc) is 2.81. The van der Waals surface area contributed by atoms with E-state index in [-0.39, 0.29) is 19.0 Å². The van der Waals surface area contributed by atoms with Gasteiger partial charge in [0, 0.05) is 25.1 Å². The smallest absolute Gasteiger partial charge is 0.350 e. The number of hydrogen-bond acceptors (Lipinski definition) is 2. The normalized spacial score (nSPS) is 15.7. The quantitative estimate of drug-likeness (QED) is 0.648. The van der Waals surface area contributed by atoms with Crippen molar-refractivity contribution in [2.75, 3.05) is 0 Å². The van der Waals surface area contributed by atoms with E-state index < -0.39 is 23.7 Å². The Morgan fingerprint density at radius 2 is 1.59 bits per heavy atom. The number of carbonyl (C=O) groups excluding carboxylic acids is 2. The number of hydrogen-bond donors (Lipinski definition) is 1. The third kappa shape index (κ3) is 4.66. The van der Waals surface area contributed by atoms with Crippen LogP contribution in [0.25, 0.3) is 0 Å². The van der Waals surface area contributed by atoms with Crippen molar-refractivity contribution in [2.45, 2.75) is 31.7 Å². The Labute approximate surface area is 183 Å². The molecule has 3 aromatic rings. The number of alkyl halides is 3. The first kappa shape index (κ1) is 21.6. The molecule has 1 atom stereocenters. The van der Waals surface area contributed by atoms with Gasteiger partial charge in [-0.05, 0) is 41.0 Å². The molecule has 0 bridgehead atoms. The number of amides is 2. The van der Waals surface area contributed by atoms with Gasteiger partial charge in [0.15, 0.2) is 0 Å². The number of fused-ring (bicyclic) bond motifs is 1. The van der Waals surface area contributed by atoms with E-state index in [9.17, 15) is 22.8 Å². The highest BCUT2D eigenvalue weighted by Crippen LogP contribution is 2.30. The molecule has 1 aliphatic rings. The Morgan fingerprint density at radius 1 is 0.906 bits per heavy atom. The van der Waals surface area contributed by atoms with Gasteiger partial charge < -0.3 is 10.2 Å². The first-order valence-corrected chi connectivity index (χ1v) is 10.2. The number of carbonyl (C=O) groups is 2. The van der Waals surface area contributed by atoms with Gasteiger partial charge in [0.05, 0.1) is 5.56 Å². The lowest BCUT2D eigenvalue weighted by molar-refractivity contribution is -0.137. The lowest BCUT2D eigenvalue weighted by atomic mass is 9.92. The molecule has 164 valence electrons. The SMILES string of the molecule is O=C(NCc1cccc(C(F)(F)F)c1)[C@H]1Cc2ccccc2CN1C(=O)c1ccccc1. The molecule has 0 spiro atoms. The molecular weight excluding hydrogens is 417 g/mol. The molecule has 1 heterocycles. The summed E-state index contributed by atoms with van der Waals surface area (Å²) in [6.45, 7) is 0.222. The van der Waals surface area contributed by atoms with Crippen LogP contribution in [0.4, 0.5) is 13.2 Å². The van der Waals surface area contributed by atoms with E-state index in [1.165, 1.54) is 17.0 Å². The summed E-state index contributed by atoms with van der Waals surface area (Å²) in [7, 11) is 0. The predicted octanol–water partition coefficient (Wildman–Crippen LogP) is 4.59. The van der Waals surface area contributed by atoms with Crippen LogP contribution >= 0.6 is 0 Å². The van der Waals surface area contributed by atoms with Gasteiger partial charge >= 0.3 is 6.18 Å². The maximum atomic E-state index is 13.2. The fraction of sp³-hybridized carbons (Fsp3) is 0.200. The minimum Gasteiger partial charge on any atom is -0.350 e. The molecule has 1 aliphatic heterocycles. The van der Waals surface area contributed by atoms with Crippen LogP contribution in [0.15, 0.2) is 78.9 Å². The topological polar surface area (TPSA) is 49.4 Å². The third-order valence-electron chi connectivity index (χ3n) is 5.55. The summed E-state index contributed by atoms with van der Waals surface area (Å²) in [6.07, 6.45) is -4.12. The van der Waals surface area contributed by atoms with Gasteiger partial charge in [-0.3, -0.25) is 9.59 Å². The maximum Gasteiger partial charge on any atom is 0.416 e. The van der Waals surface area contributed by atoms with Crippen molar-refractivity contribution < 1.29 is 22.8 Å². The van der Waals surface area contributed by atoms with Crippen molar-refractivity contribution in [3.8, 4) is 0 Å². The summed E-state index contributed by atoms with van der Waals surface area (Å²) in [6, 6.07) is 20.4. The zero-order chi connectivity index (χ0) is 22.7. The Hall–Kier alpha value is -3.61. The molecule has 0 unspecified atom stereocenters. The summed E-state index contributed by atoms with van der Waals surface area (Å²) in [5, 5.41) is 2.71. The summed E-state index contributed by atoms with van der Waals surface area (Å²) in [4.78, 5) is 27.8. The maximum absolute atomic E-state index is 13.2. The molecule has 0 fully saturated rings. The molecular formula is C25H21F3N2O2. The number of halogens is 3. The Morgan fingerprint density at radius 3 is 2.31 bits per heavy atom. The van der Waals surface area contributed by atoms with Gasteiger partial charge in [-0.1, -0.05) is 54.6 Å². The first-order valence-electron chi connectivity index (χ1n) is 10.2. The second-order valence-corrected chi connectivity index (χ2v) is 7.70. The molecule has 0 radical (unpaired) electrons. The van der Waals surface area contributed by atoms with E-state index in [2.05, 4.69) is 5.32 Å². The van der Waals surface area contributed by atoms with Gasteiger partial charge in [0.1, 0.15) is 6.04 Å². The molecule has 32 heavy (non-hydrogen) atoms. The summed E-state index contributed by atoms with van der Waals surface area (Å²) >= 11 is 0. The zero-order valence-electron chi connectivity index (χ0n) is 17.1. The van der Waals surface area contributed by atoms with E-state index in [4.69, 9.17) is 0 Å². The fourth-order valence-corrected chi connectivity index (χ4v) is 3.88. The number of nitrogens with zero attached hydrogens (tertiary/aromatic N) is 1. The van der Waals surface area contributed by atoms with Crippen LogP contribution in [0, 0.1) is 0 Å². The molecule has 0 saturated heterocycles. The van der Waals surface area contributed by atoms with E-state index in [0.29, 0.717) is 17.5 Å². The standard InChI is InChI=1S/C25H21F3N2O2/c26-25(27,28)21-12-6-7-17(13-21)15-29-23(31)22-14-19-10-4-5-11-20(19)16-30(22)24(32)18-8-2-1-3-9-18/h1-13,22H,14-16H2,(H,29,31)/t22-/m1/s1. The van der Waals surface area contributed by atoms with Gasteiger partial charge in [-0.15, -0.1) is 0 Å². The summed E-state index contributed by atoms with van der Waals surface area (Å²) in [5.41, 5.74) is 1.99. The fourth-order valence-electron chi connectivity index (χ4n) is 3.88. The molecule has 0 saturated carbocycles. The monoisotopic (exact) mass is 438 g/mol. The summed E-state index contributed by atoms with van der Waals surface area (Å²) in [5.74, 6) is -0.666. The number of nitrogens with one attached hydrogen (secondary N) is 1. The Balaban J connectivity index is 1.55. The van der Waals surface area contributed by atoms with Gasteiger partial charge in [0.25, 0.3) is 5.91 Å². The summed E-state index contributed by atoms with van der Waals surface area (Å²) < 4.78 is 38.9. The number of rotatable bonds is 4. The van der Waals surface area contributed by atoms with Crippen LogP contribution < -0.4 is 5.32 Å². The van der Waals surface area contributed by atoms with Crippen molar-refractivity contribution in [3.05, 3.63) is 107 Å². The predicted molar refractivity (Wildman–Crippen MR) is 114 cm³/mol. The van der Waals surface area contributed by atoms with E-state index in [1.807, 2.05) is 30.3 Å². The molecule has 4 nitrogen and oxygen atoms in total. The molecule has 0 aliphatic carbocycles. The van der Waals surface area contributed by atoms with Crippen molar-refractivity contribution in [1.29, 1.82) is 0 Å². The van der Waals surface area contributed by atoms with Crippen LogP contribution in [0.2, 0.25) is 0 Å². The molecule has 0 aromatic heterocycles. The second kappa shape index (κ2) is 8.86. The molecule has 1 N–H and O–H groups in total. The third-order valence-corrected chi connectivity index (χ3v) is 5.55. The van der Waals surface area contributed by atoms with E-state index in [0.717, 1.165) is 23.3 Å². The highest BCUT2D eigenvalue weighted by molar-refractivity contribution is 5.98. The number of benzene rings is 3. The minimum absolute atomic E-state index is 0.0612. The highest BCUT2D eigenvalue weighted by atomic mass is 19.4. The average molecular weight is 438 g/mol. The highest BCUT2D eigenvalue weighted by Gasteiger charge is 2.35. The van der Waals surface area contributed by atoms with Crippen LogP contribution in [-0.4, -0.2) is 22.8 Å². The lowest BCUT2D eigenvalue weighted by Crippen LogP contribution is -2.52.